The fraction of sp³-hybridized carbons (Fsp3) is 0.111. The fourth-order valence-electron chi connectivity index (χ4n) is 1.25. The molecular formula is C9H5Cl3O. The monoisotopic (exact) mass is 234 g/mol. The summed E-state index contributed by atoms with van der Waals surface area (Å²) in [7, 11) is 0. The summed E-state index contributed by atoms with van der Waals surface area (Å²) in [6.45, 7) is 1.89. The largest absolute Gasteiger partial charge is 0.462 e. The Morgan fingerprint density at radius 1 is 1.15 bits per heavy atom. The maximum atomic E-state index is 5.99. The quantitative estimate of drug-likeness (QED) is 0.603. The van der Waals surface area contributed by atoms with Crippen molar-refractivity contribution in [3.05, 3.63) is 33.0 Å². The number of rotatable bonds is 0. The van der Waals surface area contributed by atoms with Crippen molar-refractivity contribution in [2.24, 2.45) is 0 Å². The van der Waals surface area contributed by atoms with Crippen LogP contribution < -0.4 is 0 Å². The van der Waals surface area contributed by atoms with Crippen LogP contribution in [0.4, 0.5) is 0 Å². The summed E-state index contributed by atoms with van der Waals surface area (Å²) in [6.07, 6.45) is 1.61. The summed E-state index contributed by atoms with van der Waals surface area (Å²) in [5.41, 5.74) is 1.53. The van der Waals surface area contributed by atoms with Gasteiger partial charge in [0.1, 0.15) is 0 Å². The Morgan fingerprint density at radius 2 is 1.85 bits per heavy atom. The van der Waals surface area contributed by atoms with Gasteiger partial charge in [-0.3, -0.25) is 0 Å². The number of furan rings is 1. The van der Waals surface area contributed by atoms with Crippen LogP contribution in [0.25, 0.3) is 11.0 Å². The summed E-state index contributed by atoms with van der Waals surface area (Å²) < 4.78 is 5.24. The zero-order chi connectivity index (χ0) is 9.59. The topological polar surface area (TPSA) is 13.1 Å². The summed E-state index contributed by atoms with van der Waals surface area (Å²) in [5.74, 6) is 0. The number of fused-ring (bicyclic) bond motifs is 1. The van der Waals surface area contributed by atoms with Crippen LogP contribution in [0.15, 0.2) is 16.7 Å². The first-order chi connectivity index (χ1) is 6.11. The third kappa shape index (κ3) is 1.32. The molecule has 0 aliphatic rings. The molecule has 0 saturated carbocycles. The highest BCUT2D eigenvalue weighted by Gasteiger charge is 2.13. The molecule has 1 nitrogen and oxygen atoms in total. The van der Waals surface area contributed by atoms with E-state index in [4.69, 9.17) is 39.2 Å². The molecule has 1 aromatic heterocycles. The van der Waals surface area contributed by atoms with Gasteiger partial charge >= 0.3 is 0 Å². The van der Waals surface area contributed by atoms with E-state index in [-0.39, 0.29) is 0 Å². The summed E-state index contributed by atoms with van der Waals surface area (Å²) in [4.78, 5) is 0. The SMILES string of the molecule is Cc1coc2c(Cl)cc(Cl)c(Cl)c12. The van der Waals surface area contributed by atoms with Crippen LogP contribution >= 0.6 is 34.8 Å². The van der Waals surface area contributed by atoms with Crippen molar-refractivity contribution in [2.75, 3.05) is 0 Å². The van der Waals surface area contributed by atoms with Crippen molar-refractivity contribution in [1.29, 1.82) is 0 Å². The molecule has 2 aromatic rings. The molecule has 0 bridgehead atoms. The van der Waals surface area contributed by atoms with E-state index < -0.39 is 0 Å². The average molecular weight is 235 g/mol. The highest BCUT2D eigenvalue weighted by molar-refractivity contribution is 6.47. The van der Waals surface area contributed by atoms with E-state index in [9.17, 15) is 0 Å². The summed E-state index contributed by atoms with van der Waals surface area (Å²) in [5, 5.41) is 2.22. The number of aryl methyl sites for hydroxylation is 1. The highest BCUT2D eigenvalue weighted by atomic mass is 35.5. The maximum Gasteiger partial charge on any atom is 0.154 e. The Labute approximate surface area is 90.2 Å². The minimum atomic E-state index is 0.448. The Kier molecular flexibility index (Phi) is 2.18. The molecule has 0 spiro atoms. The highest BCUT2D eigenvalue weighted by Crippen LogP contribution is 2.38. The lowest BCUT2D eigenvalue weighted by atomic mass is 10.2. The molecule has 0 saturated heterocycles. The number of halogens is 3. The van der Waals surface area contributed by atoms with Crippen LogP contribution in [0.3, 0.4) is 0 Å². The van der Waals surface area contributed by atoms with Gasteiger partial charge in [0.15, 0.2) is 5.58 Å². The number of hydrogen-bond donors (Lipinski definition) is 0. The van der Waals surface area contributed by atoms with Gasteiger partial charge < -0.3 is 4.42 Å². The van der Waals surface area contributed by atoms with E-state index in [1.54, 1.807) is 12.3 Å². The molecule has 4 heteroatoms. The Bertz CT molecular complexity index is 473. The van der Waals surface area contributed by atoms with Crippen LogP contribution in [-0.4, -0.2) is 0 Å². The molecule has 2 rings (SSSR count). The normalized spacial score (nSPS) is 11.1. The van der Waals surface area contributed by atoms with Gasteiger partial charge in [0.2, 0.25) is 0 Å². The Hall–Kier alpha value is -0.370. The molecule has 0 radical (unpaired) electrons. The minimum Gasteiger partial charge on any atom is -0.462 e. The van der Waals surface area contributed by atoms with Gasteiger partial charge in [-0.2, -0.15) is 0 Å². The standard InChI is InChI=1S/C9H5Cl3O/c1-4-3-13-9-6(11)2-5(10)8(12)7(4)9/h2-3H,1H3. The van der Waals surface area contributed by atoms with Crippen molar-refractivity contribution in [2.45, 2.75) is 6.92 Å². The van der Waals surface area contributed by atoms with Crippen LogP contribution in [-0.2, 0) is 0 Å². The number of benzene rings is 1. The van der Waals surface area contributed by atoms with E-state index >= 15 is 0 Å². The molecule has 1 aromatic carbocycles. The fourth-order valence-corrected chi connectivity index (χ4v) is 2.05. The lowest BCUT2D eigenvalue weighted by Crippen LogP contribution is -1.75. The second kappa shape index (κ2) is 3.09. The molecule has 0 N–H and O–H groups in total. The lowest BCUT2D eigenvalue weighted by molar-refractivity contribution is 0.613. The first-order valence-electron chi connectivity index (χ1n) is 3.62. The minimum absolute atomic E-state index is 0.448. The van der Waals surface area contributed by atoms with E-state index in [2.05, 4.69) is 0 Å². The van der Waals surface area contributed by atoms with E-state index in [0.717, 1.165) is 10.9 Å². The van der Waals surface area contributed by atoms with E-state index in [0.29, 0.717) is 20.7 Å². The van der Waals surface area contributed by atoms with Gasteiger partial charge in [-0.05, 0) is 18.6 Å². The van der Waals surface area contributed by atoms with Gasteiger partial charge in [0.05, 0.1) is 21.3 Å². The molecule has 0 atom stereocenters. The third-order valence-corrected chi connectivity index (χ3v) is 2.94. The second-order valence-electron chi connectivity index (χ2n) is 2.78. The zero-order valence-corrected chi connectivity index (χ0v) is 8.96. The molecule has 0 aliphatic heterocycles. The molecule has 0 unspecified atom stereocenters. The second-order valence-corrected chi connectivity index (χ2v) is 3.97. The van der Waals surface area contributed by atoms with Crippen molar-refractivity contribution in [3.63, 3.8) is 0 Å². The van der Waals surface area contributed by atoms with Crippen molar-refractivity contribution >= 4 is 45.8 Å². The molecule has 13 heavy (non-hydrogen) atoms. The van der Waals surface area contributed by atoms with Crippen molar-refractivity contribution < 1.29 is 4.42 Å². The van der Waals surface area contributed by atoms with Crippen LogP contribution in [0.2, 0.25) is 15.1 Å². The van der Waals surface area contributed by atoms with Crippen LogP contribution in [0.1, 0.15) is 5.56 Å². The van der Waals surface area contributed by atoms with E-state index in [1.807, 2.05) is 6.92 Å². The van der Waals surface area contributed by atoms with Crippen molar-refractivity contribution in [1.82, 2.24) is 0 Å². The summed E-state index contributed by atoms with van der Waals surface area (Å²) in [6, 6.07) is 1.58. The summed E-state index contributed by atoms with van der Waals surface area (Å²) >= 11 is 17.8. The van der Waals surface area contributed by atoms with Gasteiger partial charge in [-0.25, -0.2) is 0 Å². The first kappa shape index (κ1) is 9.20. The first-order valence-corrected chi connectivity index (χ1v) is 4.76. The predicted molar refractivity (Wildman–Crippen MR) is 56.0 cm³/mol. The maximum absolute atomic E-state index is 5.99. The molecule has 1 heterocycles. The van der Waals surface area contributed by atoms with Gasteiger partial charge in [-0.15, -0.1) is 0 Å². The smallest absolute Gasteiger partial charge is 0.154 e. The molecule has 0 aliphatic carbocycles. The van der Waals surface area contributed by atoms with Crippen LogP contribution in [0, 0.1) is 6.92 Å². The molecule has 0 amide bonds. The van der Waals surface area contributed by atoms with Gasteiger partial charge in [-0.1, -0.05) is 34.8 Å². The van der Waals surface area contributed by atoms with Crippen LogP contribution in [0.5, 0.6) is 0 Å². The average Bonchev–Trinajstić information content (AvgIpc) is 2.44. The number of hydrogen-bond acceptors (Lipinski definition) is 1. The Morgan fingerprint density at radius 3 is 2.54 bits per heavy atom. The lowest BCUT2D eigenvalue weighted by Gasteiger charge is -1.99. The molecule has 68 valence electrons. The third-order valence-electron chi connectivity index (χ3n) is 1.87. The van der Waals surface area contributed by atoms with Gasteiger partial charge in [0, 0.05) is 5.39 Å². The zero-order valence-electron chi connectivity index (χ0n) is 6.70. The molecular weight excluding hydrogens is 230 g/mol. The molecule has 0 fully saturated rings. The van der Waals surface area contributed by atoms with E-state index in [1.165, 1.54) is 0 Å². The van der Waals surface area contributed by atoms with Crippen molar-refractivity contribution in [3.8, 4) is 0 Å². The van der Waals surface area contributed by atoms with Gasteiger partial charge in [0.25, 0.3) is 0 Å². The predicted octanol–water partition coefficient (Wildman–Crippen LogP) is 4.70. The Balaban J connectivity index is 3.00.